The molecular weight excluding hydrogens is 328 g/mol. The van der Waals surface area contributed by atoms with Crippen LogP contribution >= 0.6 is 12.2 Å². The number of benzene rings is 2. The minimum Gasteiger partial charge on any atom is -0.440 e. The summed E-state index contributed by atoms with van der Waals surface area (Å²) in [4.78, 5) is 7.93. The van der Waals surface area contributed by atoms with Crippen LogP contribution in [0.1, 0.15) is 42.0 Å². The number of ether oxygens (including phenoxy) is 1. The van der Waals surface area contributed by atoms with Crippen molar-refractivity contribution in [2.45, 2.75) is 33.1 Å². The van der Waals surface area contributed by atoms with Gasteiger partial charge in [-0.1, -0.05) is 68.0 Å². The number of aryl methyl sites for hydroxylation is 1. The Morgan fingerprint density at radius 3 is 2.60 bits per heavy atom. The minimum absolute atomic E-state index is 0.507. The average Bonchev–Trinajstić information content (AvgIpc) is 2.60. The molecule has 4 heteroatoms. The van der Waals surface area contributed by atoms with E-state index in [-0.39, 0.29) is 0 Å². The quantitative estimate of drug-likeness (QED) is 0.456. The van der Waals surface area contributed by atoms with Gasteiger partial charge in [0.15, 0.2) is 0 Å². The van der Waals surface area contributed by atoms with Crippen LogP contribution in [-0.4, -0.2) is 9.97 Å². The first-order valence-electron chi connectivity index (χ1n) is 8.52. The zero-order chi connectivity index (χ0) is 17.6. The standard InChI is InChI=1S/C21H20N2OS/c1-12(2)14-5-7-15(8-6-14)19-22-20-17(21(25)23-19)11-16-10-13(3)4-9-18(16)24-20/h4-10,12H,11H2,1-3H3,(H,22,23,25). The third-order valence-electron chi connectivity index (χ3n) is 4.62. The number of aromatic nitrogens is 2. The molecule has 25 heavy (non-hydrogen) atoms. The Hall–Kier alpha value is -2.46. The van der Waals surface area contributed by atoms with Crippen molar-refractivity contribution in [2.24, 2.45) is 0 Å². The molecule has 0 aliphatic carbocycles. The zero-order valence-corrected chi connectivity index (χ0v) is 15.4. The van der Waals surface area contributed by atoms with Crippen LogP contribution in [0.25, 0.3) is 11.4 Å². The van der Waals surface area contributed by atoms with Crippen LogP contribution in [0.5, 0.6) is 11.6 Å². The van der Waals surface area contributed by atoms with Crippen molar-refractivity contribution >= 4 is 12.2 Å². The number of nitrogens with one attached hydrogen (secondary N) is 1. The van der Waals surface area contributed by atoms with Gasteiger partial charge in [0, 0.05) is 12.0 Å². The van der Waals surface area contributed by atoms with Gasteiger partial charge in [0.25, 0.3) is 0 Å². The molecule has 1 aromatic heterocycles. The summed E-state index contributed by atoms with van der Waals surface area (Å²) < 4.78 is 6.68. The number of aromatic amines is 1. The molecule has 0 unspecified atom stereocenters. The molecule has 0 bridgehead atoms. The fourth-order valence-electron chi connectivity index (χ4n) is 3.13. The predicted molar refractivity (Wildman–Crippen MR) is 103 cm³/mol. The second-order valence-electron chi connectivity index (χ2n) is 6.86. The van der Waals surface area contributed by atoms with E-state index in [4.69, 9.17) is 17.0 Å². The van der Waals surface area contributed by atoms with E-state index in [1.165, 1.54) is 11.1 Å². The van der Waals surface area contributed by atoms with Crippen LogP contribution in [0.4, 0.5) is 0 Å². The molecule has 0 spiro atoms. The Balaban J connectivity index is 1.75. The molecule has 2 heterocycles. The maximum Gasteiger partial charge on any atom is 0.205 e. The predicted octanol–water partition coefficient (Wildman–Crippen LogP) is 5.93. The first-order valence-corrected chi connectivity index (χ1v) is 8.93. The monoisotopic (exact) mass is 348 g/mol. The van der Waals surface area contributed by atoms with E-state index in [1.807, 2.05) is 6.07 Å². The van der Waals surface area contributed by atoms with Crippen molar-refractivity contribution in [3.05, 3.63) is 69.4 Å². The van der Waals surface area contributed by atoms with Gasteiger partial charge >= 0.3 is 0 Å². The number of H-pyrrole nitrogens is 1. The maximum atomic E-state index is 6.08. The summed E-state index contributed by atoms with van der Waals surface area (Å²) in [6.45, 7) is 6.46. The zero-order valence-electron chi connectivity index (χ0n) is 14.6. The Labute approximate surface area is 152 Å². The summed E-state index contributed by atoms with van der Waals surface area (Å²) in [5.41, 5.74) is 5.64. The van der Waals surface area contributed by atoms with Gasteiger partial charge in [0.1, 0.15) is 16.2 Å². The second kappa shape index (κ2) is 6.12. The summed E-state index contributed by atoms with van der Waals surface area (Å²) in [5, 5.41) is 0. The summed E-state index contributed by atoms with van der Waals surface area (Å²) in [6.07, 6.45) is 0.751. The van der Waals surface area contributed by atoms with Crippen molar-refractivity contribution in [3.63, 3.8) is 0 Å². The van der Waals surface area contributed by atoms with Gasteiger partial charge < -0.3 is 9.72 Å². The van der Waals surface area contributed by atoms with E-state index < -0.39 is 0 Å². The lowest BCUT2D eigenvalue weighted by Gasteiger charge is -2.21. The molecule has 3 aromatic rings. The first-order chi connectivity index (χ1) is 12.0. The highest BCUT2D eigenvalue weighted by molar-refractivity contribution is 7.71. The Morgan fingerprint density at radius 1 is 1.12 bits per heavy atom. The molecule has 4 rings (SSSR count). The molecule has 0 saturated heterocycles. The number of hydrogen-bond acceptors (Lipinski definition) is 3. The van der Waals surface area contributed by atoms with Crippen molar-refractivity contribution in [1.82, 2.24) is 9.97 Å². The third-order valence-corrected chi connectivity index (χ3v) is 4.96. The number of nitrogens with zero attached hydrogens (tertiary/aromatic N) is 1. The molecule has 0 amide bonds. The molecule has 1 N–H and O–H groups in total. The van der Waals surface area contributed by atoms with Crippen molar-refractivity contribution in [2.75, 3.05) is 0 Å². The SMILES string of the molecule is Cc1ccc2c(c1)Cc1c([nH]c(-c3ccc(C(C)C)cc3)nc1=S)O2. The lowest BCUT2D eigenvalue weighted by atomic mass is 10.0. The average molecular weight is 348 g/mol. The van der Waals surface area contributed by atoms with Crippen molar-refractivity contribution in [1.29, 1.82) is 0 Å². The van der Waals surface area contributed by atoms with Crippen LogP contribution in [0, 0.1) is 11.6 Å². The molecule has 126 valence electrons. The van der Waals surface area contributed by atoms with Gasteiger partial charge in [-0.3, -0.25) is 0 Å². The van der Waals surface area contributed by atoms with Gasteiger partial charge in [0.2, 0.25) is 5.88 Å². The van der Waals surface area contributed by atoms with Crippen LogP contribution in [0.15, 0.2) is 42.5 Å². The van der Waals surface area contributed by atoms with Gasteiger partial charge in [-0.25, -0.2) is 4.98 Å². The largest absolute Gasteiger partial charge is 0.440 e. The van der Waals surface area contributed by atoms with E-state index >= 15 is 0 Å². The van der Waals surface area contributed by atoms with Gasteiger partial charge in [-0.05, 0) is 30.0 Å². The molecule has 0 saturated carbocycles. The van der Waals surface area contributed by atoms with Crippen LogP contribution in [-0.2, 0) is 6.42 Å². The summed E-state index contributed by atoms with van der Waals surface area (Å²) in [6, 6.07) is 14.7. The van der Waals surface area contributed by atoms with E-state index in [0.29, 0.717) is 16.4 Å². The van der Waals surface area contributed by atoms with Crippen molar-refractivity contribution in [3.8, 4) is 23.0 Å². The summed E-state index contributed by atoms with van der Waals surface area (Å²) >= 11 is 5.54. The molecular formula is C21H20N2OS. The van der Waals surface area contributed by atoms with Gasteiger partial charge in [-0.15, -0.1) is 0 Å². The van der Waals surface area contributed by atoms with Crippen LogP contribution in [0.3, 0.4) is 0 Å². The Morgan fingerprint density at radius 2 is 1.88 bits per heavy atom. The maximum absolute atomic E-state index is 6.08. The van der Waals surface area contributed by atoms with Gasteiger partial charge in [0.05, 0.1) is 5.56 Å². The highest BCUT2D eigenvalue weighted by Crippen LogP contribution is 2.36. The number of hydrogen-bond donors (Lipinski definition) is 1. The van der Waals surface area contributed by atoms with E-state index in [1.54, 1.807) is 0 Å². The molecule has 0 radical (unpaired) electrons. The Bertz CT molecular complexity index is 1000. The molecule has 2 aromatic carbocycles. The second-order valence-corrected chi connectivity index (χ2v) is 7.25. The van der Waals surface area contributed by atoms with E-state index in [9.17, 15) is 0 Å². The number of rotatable bonds is 2. The van der Waals surface area contributed by atoms with Crippen LogP contribution in [0.2, 0.25) is 0 Å². The minimum atomic E-state index is 0.507. The number of fused-ring (bicyclic) bond motifs is 2. The van der Waals surface area contributed by atoms with Crippen molar-refractivity contribution < 1.29 is 4.74 Å². The van der Waals surface area contributed by atoms with Crippen LogP contribution < -0.4 is 4.74 Å². The fraction of sp³-hybridized carbons (Fsp3) is 0.238. The normalized spacial score (nSPS) is 12.5. The van der Waals surface area contributed by atoms with E-state index in [2.05, 4.69) is 67.1 Å². The van der Waals surface area contributed by atoms with Gasteiger partial charge in [-0.2, -0.15) is 0 Å². The molecule has 0 fully saturated rings. The summed E-state index contributed by atoms with van der Waals surface area (Å²) in [7, 11) is 0. The fourth-order valence-corrected chi connectivity index (χ4v) is 3.39. The molecule has 1 aliphatic heterocycles. The third kappa shape index (κ3) is 2.98. The smallest absolute Gasteiger partial charge is 0.205 e. The summed E-state index contributed by atoms with van der Waals surface area (Å²) in [5.74, 6) is 2.84. The molecule has 0 atom stereocenters. The highest BCUT2D eigenvalue weighted by Gasteiger charge is 2.20. The molecule has 1 aliphatic rings. The topological polar surface area (TPSA) is 37.9 Å². The lowest BCUT2D eigenvalue weighted by Crippen LogP contribution is -2.08. The lowest BCUT2D eigenvalue weighted by molar-refractivity contribution is 0.439. The molecule has 3 nitrogen and oxygen atoms in total. The highest BCUT2D eigenvalue weighted by atomic mass is 32.1. The Kier molecular flexibility index (Phi) is 3.92. The van der Waals surface area contributed by atoms with E-state index in [0.717, 1.165) is 34.7 Å². The first kappa shape index (κ1) is 16.0.